The molecule has 4 rings (SSSR count). The van der Waals surface area contributed by atoms with E-state index >= 15 is 0 Å². The molecule has 176 valence electrons. The molecule has 2 aromatic rings. The fourth-order valence-electron chi connectivity index (χ4n) is 4.66. The van der Waals surface area contributed by atoms with Crippen molar-refractivity contribution in [2.24, 2.45) is 0 Å². The van der Waals surface area contributed by atoms with E-state index < -0.39 is 22.1 Å². The summed E-state index contributed by atoms with van der Waals surface area (Å²) in [5.74, 6) is -1.02. The second-order valence-electron chi connectivity index (χ2n) is 8.76. The molecule has 1 atom stereocenters. The maximum absolute atomic E-state index is 13.1. The third kappa shape index (κ3) is 4.82. The van der Waals surface area contributed by atoms with Crippen LogP contribution in [-0.2, 0) is 26.0 Å². The number of ether oxygens (including phenoxy) is 1. The zero-order valence-electron chi connectivity index (χ0n) is 19.1. The summed E-state index contributed by atoms with van der Waals surface area (Å²) in [6.07, 6.45) is 4.62. The van der Waals surface area contributed by atoms with Crippen LogP contribution in [0.15, 0.2) is 53.4 Å². The van der Waals surface area contributed by atoms with Crippen molar-refractivity contribution in [3.05, 3.63) is 59.7 Å². The maximum Gasteiger partial charge on any atom is 0.338 e. The van der Waals surface area contributed by atoms with Crippen LogP contribution in [-0.4, -0.2) is 50.3 Å². The van der Waals surface area contributed by atoms with Crippen molar-refractivity contribution in [1.82, 2.24) is 4.31 Å². The quantitative estimate of drug-likeness (QED) is 0.600. The molecule has 1 aliphatic heterocycles. The number of fused-ring (bicyclic) bond motifs is 1. The Labute approximate surface area is 195 Å². The topological polar surface area (TPSA) is 84.0 Å². The van der Waals surface area contributed by atoms with Gasteiger partial charge < -0.3 is 9.64 Å². The minimum absolute atomic E-state index is 0.0275. The molecule has 0 aromatic heterocycles. The first kappa shape index (κ1) is 23.4. The Morgan fingerprint density at radius 3 is 2.55 bits per heavy atom. The Balaban J connectivity index is 1.46. The number of benzene rings is 2. The van der Waals surface area contributed by atoms with Crippen molar-refractivity contribution in [1.29, 1.82) is 0 Å². The van der Waals surface area contributed by atoms with Crippen LogP contribution in [0.1, 0.15) is 54.9 Å². The molecule has 0 spiro atoms. The molecule has 33 heavy (non-hydrogen) atoms. The van der Waals surface area contributed by atoms with Crippen molar-refractivity contribution in [3.8, 4) is 0 Å². The minimum Gasteiger partial charge on any atom is -0.449 e. The Morgan fingerprint density at radius 1 is 1.06 bits per heavy atom. The van der Waals surface area contributed by atoms with Crippen molar-refractivity contribution >= 4 is 27.6 Å². The average Bonchev–Trinajstić information content (AvgIpc) is 3.27. The van der Waals surface area contributed by atoms with Crippen LogP contribution in [0.3, 0.4) is 0 Å². The number of anilines is 1. The van der Waals surface area contributed by atoms with E-state index in [9.17, 15) is 18.0 Å². The van der Waals surface area contributed by atoms with Gasteiger partial charge in [0.1, 0.15) is 0 Å². The van der Waals surface area contributed by atoms with Gasteiger partial charge in [0.05, 0.1) is 10.5 Å². The van der Waals surface area contributed by atoms with Crippen LogP contribution < -0.4 is 4.90 Å². The zero-order valence-corrected chi connectivity index (χ0v) is 19.9. The Hall–Kier alpha value is -2.71. The van der Waals surface area contributed by atoms with Crippen LogP contribution in [0.5, 0.6) is 0 Å². The van der Waals surface area contributed by atoms with Gasteiger partial charge in [-0.05, 0) is 56.0 Å². The van der Waals surface area contributed by atoms with Gasteiger partial charge in [-0.25, -0.2) is 13.2 Å². The molecule has 1 unspecified atom stereocenters. The lowest BCUT2D eigenvalue weighted by Crippen LogP contribution is -2.39. The van der Waals surface area contributed by atoms with E-state index in [-0.39, 0.29) is 22.4 Å². The second kappa shape index (κ2) is 9.65. The van der Waals surface area contributed by atoms with E-state index in [4.69, 9.17) is 4.74 Å². The molecular weight excluding hydrogens is 440 g/mol. The van der Waals surface area contributed by atoms with Crippen LogP contribution in [0, 0.1) is 0 Å². The first-order valence-corrected chi connectivity index (χ1v) is 12.9. The molecule has 7 nitrogen and oxygen atoms in total. The Morgan fingerprint density at radius 2 is 1.79 bits per heavy atom. The zero-order chi connectivity index (χ0) is 23.6. The highest BCUT2D eigenvalue weighted by Gasteiger charge is 2.32. The minimum atomic E-state index is -3.74. The largest absolute Gasteiger partial charge is 0.449 e. The number of hydrogen-bond acceptors (Lipinski definition) is 5. The Bertz CT molecular complexity index is 1140. The van der Waals surface area contributed by atoms with Crippen LogP contribution in [0.4, 0.5) is 5.69 Å². The molecule has 8 heteroatoms. The number of amides is 1. The van der Waals surface area contributed by atoms with Gasteiger partial charge in [-0.2, -0.15) is 4.31 Å². The third-order valence-electron chi connectivity index (χ3n) is 6.62. The lowest BCUT2D eigenvalue weighted by atomic mass is 9.96. The molecule has 1 fully saturated rings. The molecule has 1 aliphatic carbocycles. The van der Waals surface area contributed by atoms with Crippen molar-refractivity contribution in [2.45, 2.75) is 62.5 Å². The van der Waals surface area contributed by atoms with Crippen LogP contribution in [0.2, 0.25) is 0 Å². The maximum atomic E-state index is 13.1. The fraction of sp³-hybridized carbons (Fsp3) is 0.440. The van der Waals surface area contributed by atoms with E-state index in [0.29, 0.717) is 6.54 Å². The van der Waals surface area contributed by atoms with Crippen molar-refractivity contribution in [3.63, 3.8) is 0 Å². The highest BCUT2D eigenvalue weighted by Crippen LogP contribution is 2.29. The van der Waals surface area contributed by atoms with Gasteiger partial charge in [-0.3, -0.25) is 4.79 Å². The van der Waals surface area contributed by atoms with Gasteiger partial charge in [0.25, 0.3) is 5.91 Å². The highest BCUT2D eigenvalue weighted by molar-refractivity contribution is 7.89. The number of sulfonamides is 1. The number of hydrogen-bond donors (Lipinski definition) is 0. The van der Waals surface area contributed by atoms with Crippen LogP contribution in [0.25, 0.3) is 0 Å². The first-order chi connectivity index (χ1) is 15.8. The summed E-state index contributed by atoms with van der Waals surface area (Å²) in [6.45, 7) is 2.08. The summed E-state index contributed by atoms with van der Waals surface area (Å²) in [5, 5.41) is 0. The summed E-state index contributed by atoms with van der Waals surface area (Å²) >= 11 is 0. The van der Waals surface area contributed by atoms with E-state index in [1.54, 1.807) is 18.9 Å². The number of para-hydroxylation sites is 1. The number of carbonyl (C=O) groups excluding carboxylic acids is 2. The van der Waals surface area contributed by atoms with Gasteiger partial charge in [0.15, 0.2) is 6.10 Å². The monoisotopic (exact) mass is 470 g/mol. The van der Waals surface area contributed by atoms with Gasteiger partial charge in [0, 0.05) is 25.3 Å². The van der Waals surface area contributed by atoms with Crippen molar-refractivity contribution in [2.75, 3.05) is 18.5 Å². The predicted molar refractivity (Wildman–Crippen MR) is 126 cm³/mol. The van der Waals surface area contributed by atoms with E-state index in [1.807, 2.05) is 24.3 Å². The number of carbonyl (C=O) groups is 2. The SMILES string of the molecule is CC(OC(=O)c1cccc(S(=O)(=O)N(C)C2CCCCC2)c1)C(=O)N1CCc2ccccc21. The molecule has 1 amide bonds. The summed E-state index contributed by atoms with van der Waals surface area (Å²) in [4.78, 5) is 27.4. The summed E-state index contributed by atoms with van der Waals surface area (Å²) in [7, 11) is -2.13. The first-order valence-electron chi connectivity index (χ1n) is 11.5. The molecule has 0 radical (unpaired) electrons. The van der Waals surface area contributed by atoms with Crippen molar-refractivity contribution < 1.29 is 22.7 Å². The number of rotatable bonds is 6. The number of esters is 1. The smallest absolute Gasteiger partial charge is 0.338 e. The second-order valence-corrected chi connectivity index (χ2v) is 10.8. The standard InChI is InChI=1S/C25H30N2O5S/c1-18(24(28)27-16-15-19-9-6-7-14-23(19)27)32-25(29)20-10-8-13-22(17-20)33(30,31)26(2)21-11-4-3-5-12-21/h6-10,13-14,17-18,21H,3-5,11-12,15-16H2,1-2H3. The highest BCUT2D eigenvalue weighted by atomic mass is 32.2. The molecule has 0 saturated heterocycles. The molecule has 2 aromatic carbocycles. The summed E-state index contributed by atoms with van der Waals surface area (Å²) < 4.78 is 33.1. The van der Waals surface area contributed by atoms with Gasteiger partial charge in [-0.15, -0.1) is 0 Å². The molecule has 0 bridgehead atoms. The summed E-state index contributed by atoms with van der Waals surface area (Å²) in [5.41, 5.74) is 2.03. The normalized spacial score (nSPS) is 17.6. The van der Waals surface area contributed by atoms with Crippen LogP contribution >= 0.6 is 0 Å². The molecular formula is C25H30N2O5S. The van der Waals surface area contributed by atoms with E-state index in [0.717, 1.165) is 49.8 Å². The van der Waals surface area contributed by atoms with E-state index in [2.05, 4.69) is 0 Å². The molecule has 2 aliphatic rings. The van der Waals surface area contributed by atoms with E-state index in [1.165, 1.54) is 28.6 Å². The average molecular weight is 471 g/mol. The molecule has 0 N–H and O–H groups in total. The summed E-state index contributed by atoms with van der Waals surface area (Å²) in [6, 6.07) is 13.5. The molecule has 1 saturated carbocycles. The fourth-order valence-corrected chi connectivity index (χ4v) is 6.12. The van der Waals surface area contributed by atoms with Gasteiger partial charge in [0.2, 0.25) is 10.0 Å². The Kier molecular flexibility index (Phi) is 6.86. The lowest BCUT2D eigenvalue weighted by molar-refractivity contribution is -0.126. The van der Waals surface area contributed by atoms with Gasteiger partial charge >= 0.3 is 5.97 Å². The third-order valence-corrected chi connectivity index (χ3v) is 8.53. The predicted octanol–water partition coefficient (Wildman–Crippen LogP) is 3.77. The molecule has 1 heterocycles. The van der Waals surface area contributed by atoms with Gasteiger partial charge in [-0.1, -0.05) is 43.5 Å². The number of nitrogens with zero attached hydrogens (tertiary/aromatic N) is 2. The lowest BCUT2D eigenvalue weighted by Gasteiger charge is -2.30.